The Kier molecular flexibility index (Phi) is 3.80. The average molecular weight is 281 g/mol. The summed E-state index contributed by atoms with van der Waals surface area (Å²) < 4.78 is 25.8. The van der Waals surface area contributed by atoms with Gasteiger partial charge in [0, 0.05) is 6.04 Å². The van der Waals surface area contributed by atoms with E-state index >= 15 is 0 Å². The van der Waals surface area contributed by atoms with E-state index in [1.54, 1.807) is 6.33 Å². The van der Waals surface area contributed by atoms with E-state index in [1.165, 1.54) is 10.6 Å². The lowest BCUT2D eigenvalue weighted by Crippen LogP contribution is -2.39. The number of para-hydroxylation sites is 1. The molecule has 2 rings (SSSR count). The van der Waals surface area contributed by atoms with Crippen LogP contribution in [0.25, 0.3) is 11.0 Å². The number of aromatic amines is 1. The molecule has 1 aromatic heterocycles. The first kappa shape index (κ1) is 13.9. The molecule has 5 nitrogen and oxygen atoms in total. The minimum absolute atomic E-state index is 0.0442. The Morgan fingerprint density at radius 3 is 2.58 bits per heavy atom. The van der Waals surface area contributed by atoms with Crippen molar-refractivity contribution in [3.8, 4) is 0 Å². The van der Waals surface area contributed by atoms with Gasteiger partial charge in [-0.25, -0.2) is 13.4 Å². The van der Waals surface area contributed by atoms with Gasteiger partial charge in [-0.3, -0.25) is 4.31 Å². The fraction of sp³-hybridized carbons (Fsp3) is 0.462. The summed E-state index contributed by atoms with van der Waals surface area (Å²) in [4.78, 5) is 7.25. The third-order valence-electron chi connectivity index (χ3n) is 3.30. The number of benzene rings is 1. The van der Waals surface area contributed by atoms with Crippen LogP contribution in [-0.2, 0) is 10.0 Å². The summed E-state index contributed by atoms with van der Waals surface area (Å²) in [6.45, 7) is 3.99. The van der Waals surface area contributed by atoms with E-state index in [0.29, 0.717) is 11.2 Å². The molecule has 104 valence electrons. The minimum atomic E-state index is -3.33. The number of nitrogens with zero attached hydrogens (tertiary/aromatic N) is 2. The molecule has 19 heavy (non-hydrogen) atoms. The molecular weight excluding hydrogens is 262 g/mol. The molecule has 0 atom stereocenters. The third-order valence-corrected chi connectivity index (χ3v) is 4.51. The number of nitrogens with one attached hydrogen (secondary N) is 1. The van der Waals surface area contributed by atoms with Gasteiger partial charge in [0.1, 0.15) is 5.52 Å². The number of anilines is 1. The third kappa shape index (κ3) is 2.58. The Hall–Kier alpha value is -1.56. The number of hydrogen-bond donors (Lipinski definition) is 1. The van der Waals surface area contributed by atoms with E-state index in [-0.39, 0.29) is 6.04 Å². The maximum absolute atomic E-state index is 12.1. The van der Waals surface area contributed by atoms with E-state index in [1.807, 2.05) is 32.0 Å². The molecule has 1 N–H and O–H groups in total. The van der Waals surface area contributed by atoms with Crippen molar-refractivity contribution < 1.29 is 8.42 Å². The maximum atomic E-state index is 12.1. The predicted molar refractivity (Wildman–Crippen MR) is 77.8 cm³/mol. The van der Waals surface area contributed by atoms with Crippen LogP contribution in [0.15, 0.2) is 24.5 Å². The fourth-order valence-corrected chi connectivity index (χ4v) is 3.74. The summed E-state index contributed by atoms with van der Waals surface area (Å²) in [7, 11) is -3.33. The Labute approximate surface area is 113 Å². The lowest BCUT2D eigenvalue weighted by atomic mass is 10.1. The number of fused-ring (bicyclic) bond motifs is 1. The highest BCUT2D eigenvalue weighted by molar-refractivity contribution is 7.92. The normalized spacial score (nSPS) is 12.2. The second-order valence-corrected chi connectivity index (χ2v) is 6.46. The van der Waals surface area contributed by atoms with E-state index in [4.69, 9.17) is 0 Å². The number of aromatic nitrogens is 2. The highest BCUT2D eigenvalue weighted by atomic mass is 32.2. The van der Waals surface area contributed by atoms with Crippen molar-refractivity contribution >= 4 is 26.7 Å². The molecule has 0 fully saturated rings. The van der Waals surface area contributed by atoms with Crippen LogP contribution in [0, 0.1) is 0 Å². The molecule has 6 heteroatoms. The lowest BCUT2D eigenvalue weighted by Gasteiger charge is -2.30. The summed E-state index contributed by atoms with van der Waals surface area (Å²) in [6.07, 6.45) is 4.37. The van der Waals surface area contributed by atoms with E-state index < -0.39 is 10.0 Å². The summed E-state index contributed by atoms with van der Waals surface area (Å²) in [5, 5.41) is 0. The smallest absolute Gasteiger partial charge is 0.232 e. The zero-order chi connectivity index (χ0) is 14.0. The van der Waals surface area contributed by atoms with Crippen LogP contribution in [0.3, 0.4) is 0 Å². The minimum Gasteiger partial charge on any atom is -0.345 e. The predicted octanol–water partition coefficient (Wildman–Crippen LogP) is 2.52. The van der Waals surface area contributed by atoms with Crippen LogP contribution in [0.1, 0.15) is 26.7 Å². The number of hydrogen-bond acceptors (Lipinski definition) is 3. The van der Waals surface area contributed by atoms with Gasteiger partial charge in [0.05, 0.1) is 23.8 Å². The molecule has 0 amide bonds. The first-order valence-corrected chi connectivity index (χ1v) is 8.25. The highest BCUT2D eigenvalue weighted by Crippen LogP contribution is 2.29. The zero-order valence-electron chi connectivity index (χ0n) is 11.4. The summed E-state index contributed by atoms with van der Waals surface area (Å²) in [6, 6.07) is 5.50. The van der Waals surface area contributed by atoms with Crippen LogP contribution in [0.4, 0.5) is 5.69 Å². The van der Waals surface area contributed by atoms with Gasteiger partial charge in [-0.1, -0.05) is 19.9 Å². The molecule has 0 saturated heterocycles. The number of rotatable bonds is 5. The Bertz CT molecular complexity index is 659. The molecule has 2 aromatic rings. The van der Waals surface area contributed by atoms with Crippen molar-refractivity contribution in [2.45, 2.75) is 32.7 Å². The molecule has 1 heterocycles. The van der Waals surface area contributed by atoms with Crippen molar-refractivity contribution in [2.75, 3.05) is 10.6 Å². The molecule has 0 aliphatic heterocycles. The van der Waals surface area contributed by atoms with E-state index in [0.717, 1.165) is 18.4 Å². The van der Waals surface area contributed by atoms with Crippen LogP contribution in [0.5, 0.6) is 0 Å². The van der Waals surface area contributed by atoms with Crippen molar-refractivity contribution in [2.24, 2.45) is 0 Å². The Morgan fingerprint density at radius 2 is 2.00 bits per heavy atom. The molecule has 0 saturated carbocycles. The topological polar surface area (TPSA) is 66.1 Å². The Balaban J connectivity index is 2.64. The maximum Gasteiger partial charge on any atom is 0.232 e. The largest absolute Gasteiger partial charge is 0.345 e. The molecule has 0 bridgehead atoms. The average Bonchev–Trinajstić information content (AvgIpc) is 2.82. The first-order valence-electron chi connectivity index (χ1n) is 6.40. The lowest BCUT2D eigenvalue weighted by molar-refractivity contribution is 0.566. The quantitative estimate of drug-likeness (QED) is 0.915. The van der Waals surface area contributed by atoms with Gasteiger partial charge < -0.3 is 4.98 Å². The number of H-pyrrole nitrogens is 1. The van der Waals surface area contributed by atoms with Crippen LogP contribution < -0.4 is 4.31 Å². The SMILES string of the molecule is CCC(CC)N(c1cccc2[nH]cnc12)S(C)(=O)=O. The van der Waals surface area contributed by atoms with Gasteiger partial charge in [-0.2, -0.15) is 0 Å². The standard InChI is InChI=1S/C13H19N3O2S/c1-4-10(5-2)16(19(3,17)18)12-8-6-7-11-13(12)15-9-14-11/h6-10H,4-5H2,1-3H3,(H,14,15). The second kappa shape index (κ2) is 5.21. The molecule has 0 aliphatic rings. The van der Waals surface area contributed by atoms with Crippen molar-refractivity contribution in [1.29, 1.82) is 0 Å². The van der Waals surface area contributed by atoms with Gasteiger partial charge in [0.25, 0.3) is 0 Å². The Morgan fingerprint density at radius 1 is 1.32 bits per heavy atom. The molecular formula is C13H19N3O2S. The van der Waals surface area contributed by atoms with E-state index in [9.17, 15) is 8.42 Å². The number of sulfonamides is 1. The monoisotopic (exact) mass is 281 g/mol. The first-order chi connectivity index (χ1) is 8.99. The van der Waals surface area contributed by atoms with Crippen molar-refractivity contribution in [1.82, 2.24) is 9.97 Å². The molecule has 0 unspecified atom stereocenters. The van der Waals surface area contributed by atoms with Crippen molar-refractivity contribution in [3.05, 3.63) is 24.5 Å². The molecule has 0 radical (unpaired) electrons. The van der Waals surface area contributed by atoms with Gasteiger partial charge in [0.15, 0.2) is 0 Å². The van der Waals surface area contributed by atoms with Crippen LogP contribution in [0.2, 0.25) is 0 Å². The number of imidazole rings is 1. The summed E-state index contributed by atoms with van der Waals surface area (Å²) in [5.41, 5.74) is 2.19. The summed E-state index contributed by atoms with van der Waals surface area (Å²) >= 11 is 0. The van der Waals surface area contributed by atoms with Gasteiger partial charge >= 0.3 is 0 Å². The molecule has 1 aromatic carbocycles. The van der Waals surface area contributed by atoms with Crippen LogP contribution >= 0.6 is 0 Å². The van der Waals surface area contributed by atoms with Gasteiger partial charge in [0.2, 0.25) is 10.0 Å². The second-order valence-electron chi connectivity index (χ2n) is 4.60. The zero-order valence-corrected chi connectivity index (χ0v) is 12.2. The fourth-order valence-electron chi connectivity index (χ4n) is 2.39. The van der Waals surface area contributed by atoms with Gasteiger partial charge in [-0.05, 0) is 25.0 Å². The summed E-state index contributed by atoms with van der Waals surface area (Å²) in [5.74, 6) is 0. The van der Waals surface area contributed by atoms with Crippen molar-refractivity contribution in [3.63, 3.8) is 0 Å². The van der Waals surface area contributed by atoms with E-state index in [2.05, 4.69) is 9.97 Å². The highest BCUT2D eigenvalue weighted by Gasteiger charge is 2.26. The molecule has 0 spiro atoms. The van der Waals surface area contributed by atoms with Crippen LogP contribution in [-0.4, -0.2) is 30.7 Å². The molecule has 0 aliphatic carbocycles. The van der Waals surface area contributed by atoms with Gasteiger partial charge in [-0.15, -0.1) is 0 Å².